The van der Waals surface area contributed by atoms with E-state index in [4.69, 9.17) is 4.74 Å². The Balaban J connectivity index is 1.88. The Bertz CT molecular complexity index is 744. The normalized spacial score (nSPS) is 11.2. The second kappa shape index (κ2) is 5.60. The number of hydrogen-bond donors (Lipinski definition) is 0. The molecule has 0 unspecified atom stereocenters. The zero-order valence-electron chi connectivity index (χ0n) is 12.2. The topological polar surface area (TPSA) is 14.2 Å². The van der Waals surface area contributed by atoms with Gasteiger partial charge in [-0.2, -0.15) is 0 Å². The van der Waals surface area contributed by atoms with Crippen LogP contribution in [0.4, 0.5) is 4.39 Å². The van der Waals surface area contributed by atoms with Gasteiger partial charge in [-0.15, -0.1) is 0 Å². The fraction of sp³-hybridized carbons (Fsp3) is 0.222. The summed E-state index contributed by atoms with van der Waals surface area (Å²) < 4.78 is 20.8. The second-order valence-electron chi connectivity index (χ2n) is 5.46. The van der Waals surface area contributed by atoms with Gasteiger partial charge in [0.05, 0.1) is 6.10 Å². The number of benzene rings is 2. The molecule has 0 atom stereocenters. The Labute approximate surface area is 123 Å². The van der Waals surface area contributed by atoms with Crippen molar-refractivity contribution in [2.24, 2.45) is 0 Å². The summed E-state index contributed by atoms with van der Waals surface area (Å²) in [5.41, 5.74) is 2.23. The van der Waals surface area contributed by atoms with Gasteiger partial charge in [-0.25, -0.2) is 4.39 Å². The number of rotatable bonds is 4. The molecule has 0 aliphatic carbocycles. The van der Waals surface area contributed by atoms with Gasteiger partial charge in [0.2, 0.25) is 0 Å². The SMILES string of the molecule is CC(C)Oc1ccc2c(ccn2Cc2ccc(F)cc2)c1. The maximum absolute atomic E-state index is 12.9. The molecular weight excluding hydrogens is 265 g/mol. The van der Waals surface area contributed by atoms with E-state index in [-0.39, 0.29) is 11.9 Å². The van der Waals surface area contributed by atoms with Crippen LogP contribution in [0.3, 0.4) is 0 Å². The largest absolute Gasteiger partial charge is 0.491 e. The molecule has 1 heterocycles. The molecule has 0 spiro atoms. The molecule has 3 aromatic rings. The molecule has 0 saturated heterocycles. The summed E-state index contributed by atoms with van der Waals surface area (Å²) in [7, 11) is 0. The lowest BCUT2D eigenvalue weighted by Gasteiger charge is -2.10. The van der Waals surface area contributed by atoms with Crippen molar-refractivity contribution in [3.8, 4) is 5.75 Å². The smallest absolute Gasteiger partial charge is 0.123 e. The van der Waals surface area contributed by atoms with Gasteiger partial charge < -0.3 is 9.30 Å². The van der Waals surface area contributed by atoms with Crippen LogP contribution in [0.5, 0.6) is 5.75 Å². The highest BCUT2D eigenvalue weighted by molar-refractivity contribution is 5.81. The lowest BCUT2D eigenvalue weighted by molar-refractivity contribution is 0.243. The van der Waals surface area contributed by atoms with Gasteiger partial charge >= 0.3 is 0 Å². The van der Waals surface area contributed by atoms with Gasteiger partial charge in [0, 0.05) is 23.6 Å². The first-order valence-electron chi connectivity index (χ1n) is 7.12. The maximum atomic E-state index is 12.9. The monoisotopic (exact) mass is 283 g/mol. The second-order valence-corrected chi connectivity index (χ2v) is 5.46. The van der Waals surface area contributed by atoms with Gasteiger partial charge in [-0.1, -0.05) is 12.1 Å². The van der Waals surface area contributed by atoms with Crippen LogP contribution >= 0.6 is 0 Å². The van der Waals surface area contributed by atoms with Crippen LogP contribution in [0.1, 0.15) is 19.4 Å². The van der Waals surface area contributed by atoms with E-state index in [1.807, 2.05) is 38.2 Å². The minimum absolute atomic E-state index is 0.170. The van der Waals surface area contributed by atoms with Crippen molar-refractivity contribution >= 4 is 10.9 Å². The summed E-state index contributed by atoms with van der Waals surface area (Å²) in [5, 5.41) is 1.15. The lowest BCUT2D eigenvalue weighted by atomic mass is 10.2. The molecule has 0 aliphatic rings. The van der Waals surface area contributed by atoms with Gasteiger partial charge in [-0.3, -0.25) is 0 Å². The third kappa shape index (κ3) is 3.07. The Morgan fingerprint density at radius 1 is 1.05 bits per heavy atom. The molecule has 0 saturated carbocycles. The van der Waals surface area contributed by atoms with Crippen LogP contribution < -0.4 is 4.74 Å². The number of aromatic nitrogens is 1. The highest BCUT2D eigenvalue weighted by atomic mass is 19.1. The number of nitrogens with zero attached hydrogens (tertiary/aromatic N) is 1. The number of halogens is 1. The van der Waals surface area contributed by atoms with Crippen LogP contribution in [0, 0.1) is 5.82 Å². The van der Waals surface area contributed by atoms with E-state index in [1.165, 1.54) is 12.1 Å². The first-order chi connectivity index (χ1) is 10.1. The van der Waals surface area contributed by atoms with Gasteiger partial charge in [0.25, 0.3) is 0 Å². The molecule has 0 N–H and O–H groups in total. The molecule has 2 nitrogen and oxygen atoms in total. The summed E-state index contributed by atoms with van der Waals surface area (Å²) in [6.07, 6.45) is 2.22. The molecule has 0 bridgehead atoms. The summed E-state index contributed by atoms with van der Waals surface area (Å²) >= 11 is 0. The van der Waals surface area contributed by atoms with E-state index in [2.05, 4.69) is 22.8 Å². The first-order valence-corrected chi connectivity index (χ1v) is 7.12. The molecule has 3 heteroatoms. The van der Waals surface area contributed by atoms with Crippen LogP contribution in [0.25, 0.3) is 10.9 Å². The van der Waals surface area contributed by atoms with Crippen molar-refractivity contribution in [3.63, 3.8) is 0 Å². The maximum Gasteiger partial charge on any atom is 0.123 e. The standard InChI is InChI=1S/C18H18FNO/c1-13(2)21-17-7-8-18-15(11-17)9-10-20(18)12-14-3-5-16(19)6-4-14/h3-11,13H,12H2,1-2H3. The predicted molar refractivity (Wildman–Crippen MR) is 83.2 cm³/mol. The van der Waals surface area contributed by atoms with Gasteiger partial charge in [0.15, 0.2) is 0 Å². The molecular formula is C18H18FNO. The molecule has 0 aliphatic heterocycles. The molecule has 3 rings (SSSR count). The molecule has 21 heavy (non-hydrogen) atoms. The van der Waals surface area contributed by atoms with E-state index in [0.717, 1.165) is 28.8 Å². The van der Waals surface area contributed by atoms with Crippen molar-refractivity contribution in [3.05, 3.63) is 66.1 Å². The van der Waals surface area contributed by atoms with E-state index < -0.39 is 0 Å². The molecule has 0 fully saturated rings. The fourth-order valence-electron chi connectivity index (χ4n) is 2.45. The van der Waals surface area contributed by atoms with Crippen LogP contribution in [0.2, 0.25) is 0 Å². The van der Waals surface area contributed by atoms with E-state index >= 15 is 0 Å². The third-order valence-corrected chi connectivity index (χ3v) is 3.38. The lowest BCUT2D eigenvalue weighted by Crippen LogP contribution is -2.05. The van der Waals surface area contributed by atoms with Crippen LogP contribution in [0.15, 0.2) is 54.7 Å². The Hall–Kier alpha value is -2.29. The quantitative estimate of drug-likeness (QED) is 0.681. The van der Waals surface area contributed by atoms with Crippen molar-refractivity contribution in [1.29, 1.82) is 0 Å². The number of hydrogen-bond acceptors (Lipinski definition) is 1. The van der Waals surface area contributed by atoms with Crippen molar-refractivity contribution in [2.45, 2.75) is 26.5 Å². The summed E-state index contributed by atoms with van der Waals surface area (Å²) in [5.74, 6) is 0.684. The van der Waals surface area contributed by atoms with Crippen LogP contribution in [-0.2, 0) is 6.54 Å². The van der Waals surface area contributed by atoms with E-state index in [9.17, 15) is 4.39 Å². The minimum atomic E-state index is -0.202. The average Bonchev–Trinajstić information content (AvgIpc) is 2.83. The van der Waals surface area contributed by atoms with E-state index in [1.54, 1.807) is 0 Å². The van der Waals surface area contributed by atoms with Gasteiger partial charge in [0.1, 0.15) is 11.6 Å². The molecule has 1 aromatic heterocycles. The Kier molecular flexibility index (Phi) is 3.65. The minimum Gasteiger partial charge on any atom is -0.491 e. The summed E-state index contributed by atoms with van der Waals surface area (Å²) in [6, 6.07) is 14.8. The highest BCUT2D eigenvalue weighted by Crippen LogP contribution is 2.23. The molecule has 0 amide bonds. The Morgan fingerprint density at radius 2 is 1.81 bits per heavy atom. The van der Waals surface area contributed by atoms with E-state index in [0.29, 0.717) is 0 Å². The number of fused-ring (bicyclic) bond motifs is 1. The van der Waals surface area contributed by atoms with Gasteiger partial charge in [-0.05, 0) is 55.8 Å². The zero-order chi connectivity index (χ0) is 14.8. The summed E-state index contributed by atoms with van der Waals surface area (Å²) in [6.45, 7) is 4.77. The predicted octanol–water partition coefficient (Wildman–Crippen LogP) is 4.62. The fourth-order valence-corrected chi connectivity index (χ4v) is 2.45. The molecule has 2 aromatic carbocycles. The molecule has 108 valence electrons. The van der Waals surface area contributed by atoms with Crippen molar-refractivity contribution in [2.75, 3.05) is 0 Å². The third-order valence-electron chi connectivity index (χ3n) is 3.38. The number of ether oxygens (including phenoxy) is 1. The summed E-state index contributed by atoms with van der Waals surface area (Å²) in [4.78, 5) is 0. The van der Waals surface area contributed by atoms with Crippen molar-refractivity contribution < 1.29 is 9.13 Å². The zero-order valence-corrected chi connectivity index (χ0v) is 12.2. The molecule has 0 radical (unpaired) electrons. The van der Waals surface area contributed by atoms with Crippen LogP contribution in [-0.4, -0.2) is 10.7 Å². The van der Waals surface area contributed by atoms with Crippen molar-refractivity contribution in [1.82, 2.24) is 4.57 Å². The average molecular weight is 283 g/mol. The highest BCUT2D eigenvalue weighted by Gasteiger charge is 2.05. The Morgan fingerprint density at radius 3 is 2.52 bits per heavy atom. The first kappa shape index (κ1) is 13.7.